The molecule has 108 valence electrons. The largest absolute Gasteiger partial charge is 0.506 e. The van der Waals surface area contributed by atoms with Gasteiger partial charge in [0.05, 0.1) is 16.7 Å². The third-order valence-electron chi connectivity index (χ3n) is 2.86. The molecule has 0 fully saturated rings. The molecule has 1 amide bonds. The number of nitro benzene ring substituents is 1. The van der Waals surface area contributed by atoms with Crippen LogP contribution in [0.4, 0.5) is 11.4 Å². The molecule has 0 saturated carbocycles. The molecule has 0 radical (unpaired) electrons. The van der Waals surface area contributed by atoms with Gasteiger partial charge in [-0.2, -0.15) is 0 Å². The highest BCUT2D eigenvalue weighted by atomic mass is 35.5. The third-order valence-corrected chi connectivity index (χ3v) is 3.28. The minimum absolute atomic E-state index is 0.0956. The summed E-state index contributed by atoms with van der Waals surface area (Å²) in [7, 11) is 0. The van der Waals surface area contributed by atoms with E-state index in [1.54, 1.807) is 25.1 Å². The topological polar surface area (TPSA) is 92.5 Å². The Labute approximate surface area is 125 Å². The summed E-state index contributed by atoms with van der Waals surface area (Å²) < 4.78 is 0. The van der Waals surface area contributed by atoms with Gasteiger partial charge in [0.15, 0.2) is 0 Å². The fraction of sp³-hybridized carbons (Fsp3) is 0.0714. The number of non-ortho nitro benzene ring substituents is 1. The number of benzene rings is 2. The van der Waals surface area contributed by atoms with Crippen molar-refractivity contribution in [3.63, 3.8) is 0 Å². The lowest BCUT2D eigenvalue weighted by Crippen LogP contribution is -2.12. The zero-order chi connectivity index (χ0) is 15.6. The summed E-state index contributed by atoms with van der Waals surface area (Å²) in [5, 5.41) is 23.3. The number of phenolic OH excluding ortho intramolecular Hbond substituents is 1. The van der Waals surface area contributed by atoms with Crippen molar-refractivity contribution in [2.75, 3.05) is 5.32 Å². The molecule has 0 spiro atoms. The van der Waals surface area contributed by atoms with E-state index in [1.807, 2.05) is 0 Å². The van der Waals surface area contributed by atoms with Crippen molar-refractivity contribution < 1.29 is 14.8 Å². The first-order valence-corrected chi connectivity index (χ1v) is 6.31. The van der Waals surface area contributed by atoms with Crippen LogP contribution in [0, 0.1) is 17.0 Å². The van der Waals surface area contributed by atoms with Crippen LogP contribution in [0.15, 0.2) is 36.4 Å². The zero-order valence-corrected chi connectivity index (χ0v) is 11.7. The second kappa shape index (κ2) is 5.80. The molecule has 21 heavy (non-hydrogen) atoms. The smallest absolute Gasteiger partial charge is 0.273 e. The first-order chi connectivity index (χ1) is 9.88. The van der Waals surface area contributed by atoms with Crippen molar-refractivity contribution in [2.45, 2.75) is 6.92 Å². The van der Waals surface area contributed by atoms with Crippen molar-refractivity contribution in [1.29, 1.82) is 0 Å². The van der Waals surface area contributed by atoms with E-state index in [2.05, 4.69) is 5.32 Å². The average molecular weight is 307 g/mol. The fourth-order valence-electron chi connectivity index (χ4n) is 1.72. The van der Waals surface area contributed by atoms with Gasteiger partial charge < -0.3 is 10.4 Å². The molecule has 6 nitrogen and oxygen atoms in total. The maximum atomic E-state index is 12.0. The quantitative estimate of drug-likeness (QED) is 0.515. The number of phenols is 1. The van der Waals surface area contributed by atoms with Gasteiger partial charge in [0.2, 0.25) is 0 Å². The number of anilines is 1. The van der Waals surface area contributed by atoms with Gasteiger partial charge in [0.25, 0.3) is 11.6 Å². The van der Waals surface area contributed by atoms with Crippen molar-refractivity contribution >= 4 is 28.9 Å². The van der Waals surface area contributed by atoms with E-state index in [4.69, 9.17) is 11.6 Å². The van der Waals surface area contributed by atoms with Gasteiger partial charge in [-0.25, -0.2) is 0 Å². The van der Waals surface area contributed by atoms with Gasteiger partial charge >= 0.3 is 0 Å². The van der Waals surface area contributed by atoms with E-state index in [-0.39, 0.29) is 17.1 Å². The number of carbonyl (C=O) groups is 1. The highest BCUT2D eigenvalue weighted by Gasteiger charge is 2.13. The first-order valence-electron chi connectivity index (χ1n) is 5.93. The van der Waals surface area contributed by atoms with Crippen molar-refractivity contribution in [3.8, 4) is 5.75 Å². The lowest BCUT2D eigenvalue weighted by atomic mass is 10.1. The molecule has 2 N–H and O–H groups in total. The minimum atomic E-state index is -0.631. The average Bonchev–Trinajstić information content (AvgIpc) is 2.43. The van der Waals surface area contributed by atoms with Crippen LogP contribution in [0.5, 0.6) is 5.75 Å². The molecule has 2 aromatic carbocycles. The van der Waals surface area contributed by atoms with E-state index in [1.165, 1.54) is 12.1 Å². The van der Waals surface area contributed by atoms with Crippen molar-refractivity contribution in [1.82, 2.24) is 0 Å². The number of hydrogen-bond donors (Lipinski definition) is 2. The van der Waals surface area contributed by atoms with Crippen LogP contribution in [0.1, 0.15) is 15.9 Å². The Kier molecular flexibility index (Phi) is 4.09. The van der Waals surface area contributed by atoms with Crippen LogP contribution in [0.3, 0.4) is 0 Å². The molecular weight excluding hydrogens is 296 g/mol. The minimum Gasteiger partial charge on any atom is -0.506 e. The summed E-state index contributed by atoms with van der Waals surface area (Å²) in [6.45, 7) is 1.77. The van der Waals surface area contributed by atoms with Crippen LogP contribution in [-0.4, -0.2) is 15.9 Å². The number of carbonyl (C=O) groups excluding carboxylic acids is 1. The maximum Gasteiger partial charge on any atom is 0.273 e. The standard InChI is InChI=1S/C14H11ClN2O4/c1-8-6-9(2-4-11(8)15)14(19)16-12-5-3-10(17(20)21)7-13(12)18/h2-7,18H,1H3,(H,16,19). The molecule has 2 rings (SSSR count). The molecule has 0 aliphatic heterocycles. The Morgan fingerprint density at radius 2 is 2.00 bits per heavy atom. The number of amides is 1. The summed E-state index contributed by atoms with van der Waals surface area (Å²) in [6, 6.07) is 8.20. The second-order valence-electron chi connectivity index (χ2n) is 4.38. The lowest BCUT2D eigenvalue weighted by Gasteiger charge is -2.08. The molecule has 0 bridgehead atoms. The van der Waals surface area contributed by atoms with Gasteiger partial charge in [-0.15, -0.1) is 0 Å². The van der Waals surface area contributed by atoms with Crippen LogP contribution in [0.2, 0.25) is 5.02 Å². The summed E-state index contributed by atoms with van der Waals surface area (Å²) >= 11 is 5.88. The highest BCUT2D eigenvalue weighted by molar-refractivity contribution is 6.31. The summed E-state index contributed by atoms with van der Waals surface area (Å²) in [5.74, 6) is -0.817. The van der Waals surface area contributed by atoms with Gasteiger partial charge in [-0.3, -0.25) is 14.9 Å². The summed E-state index contributed by atoms with van der Waals surface area (Å²) in [6.07, 6.45) is 0. The summed E-state index contributed by atoms with van der Waals surface area (Å²) in [5.41, 5.74) is 0.956. The molecule has 0 aromatic heterocycles. The van der Waals surface area contributed by atoms with Gasteiger partial charge in [-0.1, -0.05) is 11.6 Å². The zero-order valence-electron chi connectivity index (χ0n) is 11.0. The molecule has 0 atom stereocenters. The maximum absolute atomic E-state index is 12.0. The number of nitrogens with zero attached hydrogens (tertiary/aromatic N) is 1. The van der Waals surface area contributed by atoms with Gasteiger partial charge in [0, 0.05) is 16.7 Å². The molecule has 0 aliphatic carbocycles. The Bertz CT molecular complexity index is 731. The van der Waals surface area contributed by atoms with Crippen molar-refractivity contribution in [2.24, 2.45) is 0 Å². The summed E-state index contributed by atoms with van der Waals surface area (Å²) in [4.78, 5) is 22.0. The molecular formula is C14H11ClN2O4. The monoisotopic (exact) mass is 306 g/mol. The van der Waals surface area contributed by atoms with Crippen LogP contribution in [-0.2, 0) is 0 Å². The Balaban J connectivity index is 2.23. The van der Waals surface area contributed by atoms with Gasteiger partial charge in [0.1, 0.15) is 5.75 Å². The van der Waals surface area contributed by atoms with E-state index in [9.17, 15) is 20.0 Å². The number of aromatic hydroxyl groups is 1. The van der Waals surface area contributed by atoms with Crippen molar-refractivity contribution in [3.05, 3.63) is 62.7 Å². The number of rotatable bonds is 3. The number of hydrogen-bond acceptors (Lipinski definition) is 4. The first kappa shape index (κ1) is 14.8. The Hall–Kier alpha value is -2.60. The van der Waals surface area contributed by atoms with Crippen LogP contribution < -0.4 is 5.32 Å². The molecule has 0 heterocycles. The van der Waals surface area contributed by atoms with E-state index in [0.29, 0.717) is 10.6 Å². The number of aryl methyl sites for hydroxylation is 1. The van der Waals surface area contributed by atoms with Crippen LogP contribution in [0.25, 0.3) is 0 Å². The molecule has 0 unspecified atom stereocenters. The predicted octanol–water partition coefficient (Wildman–Crippen LogP) is 3.51. The van der Waals surface area contributed by atoms with E-state index in [0.717, 1.165) is 11.6 Å². The number of nitro groups is 1. The second-order valence-corrected chi connectivity index (χ2v) is 4.78. The molecule has 0 saturated heterocycles. The third kappa shape index (κ3) is 3.29. The SMILES string of the molecule is Cc1cc(C(=O)Nc2ccc([N+](=O)[O-])cc2O)ccc1Cl. The van der Waals surface area contributed by atoms with Crippen LogP contribution >= 0.6 is 11.6 Å². The van der Waals surface area contributed by atoms with Gasteiger partial charge in [-0.05, 0) is 36.8 Å². The Morgan fingerprint density at radius 3 is 2.57 bits per heavy atom. The normalized spacial score (nSPS) is 10.2. The number of nitrogens with one attached hydrogen (secondary N) is 1. The number of halogens is 1. The lowest BCUT2D eigenvalue weighted by molar-refractivity contribution is -0.384. The fourth-order valence-corrected chi connectivity index (χ4v) is 1.84. The molecule has 2 aromatic rings. The Morgan fingerprint density at radius 1 is 1.29 bits per heavy atom. The highest BCUT2D eigenvalue weighted by Crippen LogP contribution is 2.28. The van der Waals surface area contributed by atoms with E-state index < -0.39 is 10.8 Å². The molecule has 0 aliphatic rings. The molecule has 7 heteroatoms. The predicted molar refractivity (Wildman–Crippen MR) is 78.9 cm³/mol. The van der Waals surface area contributed by atoms with E-state index >= 15 is 0 Å².